The first-order valence-corrected chi connectivity index (χ1v) is 18.3. The lowest BCUT2D eigenvalue weighted by molar-refractivity contribution is -0.149. The van der Waals surface area contributed by atoms with Crippen LogP contribution < -0.4 is 13.8 Å². The third-order valence-electron chi connectivity index (χ3n) is 8.19. The first-order valence-electron chi connectivity index (χ1n) is 15.7. The minimum absolute atomic E-state index is 0.00345. The van der Waals surface area contributed by atoms with Gasteiger partial charge in [-0.25, -0.2) is 8.42 Å². The second kappa shape index (κ2) is 15.4. The molecule has 2 aromatic heterocycles. The van der Waals surface area contributed by atoms with Gasteiger partial charge in [0.15, 0.2) is 11.5 Å². The minimum atomic E-state index is -3.88. The summed E-state index contributed by atoms with van der Waals surface area (Å²) in [6.07, 6.45) is 8.49. The summed E-state index contributed by atoms with van der Waals surface area (Å²) in [6.45, 7) is -3.87. The zero-order chi connectivity index (χ0) is 37.2. The predicted molar refractivity (Wildman–Crippen MR) is 183 cm³/mol. The number of aromatic nitrogens is 3. The van der Waals surface area contributed by atoms with E-state index in [1.807, 2.05) is 0 Å². The molecule has 0 radical (unpaired) electrons. The molecule has 18 heteroatoms. The summed E-state index contributed by atoms with van der Waals surface area (Å²) in [5.74, 6) is -2.61. The van der Waals surface area contributed by atoms with Crippen molar-refractivity contribution in [2.75, 3.05) is 23.7 Å². The van der Waals surface area contributed by atoms with Crippen molar-refractivity contribution < 1.29 is 45.8 Å². The molecule has 2 amide bonds. The summed E-state index contributed by atoms with van der Waals surface area (Å²) < 4.78 is 69.1. The third-order valence-corrected chi connectivity index (χ3v) is 9.99. The summed E-state index contributed by atoms with van der Waals surface area (Å²) in [4.78, 5) is 53.1. The molecule has 3 heterocycles. The van der Waals surface area contributed by atoms with Gasteiger partial charge in [-0.15, -0.1) is 0 Å². The van der Waals surface area contributed by atoms with Crippen molar-refractivity contribution in [3.63, 3.8) is 0 Å². The van der Waals surface area contributed by atoms with Crippen molar-refractivity contribution in [3.8, 4) is 11.5 Å². The van der Waals surface area contributed by atoms with Gasteiger partial charge in [0.05, 0.1) is 58.2 Å². The number of sulfonamides is 1. The zero-order valence-electron chi connectivity index (χ0n) is 27.2. The van der Waals surface area contributed by atoms with Crippen molar-refractivity contribution in [2.24, 2.45) is 5.92 Å². The smallest absolute Gasteiger partial charge is 0.387 e. The maximum absolute atomic E-state index is 13.5. The van der Waals surface area contributed by atoms with Crippen molar-refractivity contribution >= 4 is 56.7 Å². The second-order valence-corrected chi connectivity index (χ2v) is 14.7. The number of fused-ring (bicyclic) bond motifs is 1. The molecule has 272 valence electrons. The number of halogens is 4. The maximum Gasteiger partial charge on any atom is 0.387 e. The number of benzene rings is 2. The number of carbonyl (C=O) groups is 3. The second-order valence-electron chi connectivity index (χ2n) is 12.0. The maximum atomic E-state index is 13.5. The van der Waals surface area contributed by atoms with Crippen LogP contribution in [0.4, 0.5) is 14.5 Å². The number of esters is 1. The van der Waals surface area contributed by atoms with E-state index in [9.17, 15) is 31.6 Å². The standard InChI is InChI=1S/C34H29Cl2F2N5O8S/c1-52(47,48)43(16-21-13-39-8-9-41-21)22-5-6-23-24(11-22)33(46)42(32(23)45)17-31(44)50-29(12-25-26(35)14-40-15-27(25)36)20-4-7-28(51-34(37)38)30(10-20)49-18-19-2-3-19/h4-11,13-15,19,29,34H,2-3,12,16-18H2,1H3/t29-/m0/s1. The molecule has 0 spiro atoms. The fourth-order valence-corrected chi connectivity index (χ4v) is 6.81. The van der Waals surface area contributed by atoms with Crippen molar-refractivity contribution in [1.29, 1.82) is 0 Å². The topological polar surface area (TPSA) is 158 Å². The summed E-state index contributed by atoms with van der Waals surface area (Å²) in [5, 5.41) is 0.324. The summed E-state index contributed by atoms with van der Waals surface area (Å²) >= 11 is 12.8. The van der Waals surface area contributed by atoms with Gasteiger partial charge in [-0.2, -0.15) is 8.78 Å². The highest BCUT2D eigenvalue weighted by atomic mass is 35.5. The van der Waals surface area contributed by atoms with E-state index in [4.69, 9.17) is 32.7 Å². The number of nitrogens with zero attached hydrogens (tertiary/aromatic N) is 5. The molecule has 0 saturated heterocycles. The van der Waals surface area contributed by atoms with E-state index in [1.54, 1.807) is 0 Å². The number of carbonyl (C=O) groups excluding carboxylic acids is 3. The third kappa shape index (κ3) is 8.57. The molecule has 0 N–H and O–H groups in total. The number of ether oxygens (including phenoxy) is 3. The van der Waals surface area contributed by atoms with E-state index in [0.717, 1.165) is 23.4 Å². The Balaban J connectivity index is 1.25. The molecule has 2 aromatic carbocycles. The van der Waals surface area contributed by atoms with Gasteiger partial charge in [-0.1, -0.05) is 29.3 Å². The quantitative estimate of drug-likeness (QED) is 0.108. The van der Waals surface area contributed by atoms with Crippen LogP contribution in [0.3, 0.4) is 0 Å². The van der Waals surface area contributed by atoms with Crippen LogP contribution in [0, 0.1) is 5.92 Å². The zero-order valence-corrected chi connectivity index (χ0v) is 29.6. The number of hydrogen-bond donors (Lipinski definition) is 0. The van der Waals surface area contributed by atoms with Crippen LogP contribution in [-0.2, 0) is 32.5 Å². The van der Waals surface area contributed by atoms with E-state index in [0.29, 0.717) is 21.7 Å². The van der Waals surface area contributed by atoms with Crippen LogP contribution in [-0.4, -0.2) is 72.1 Å². The summed E-state index contributed by atoms with van der Waals surface area (Å²) in [6, 6.07) is 7.98. The average molecular weight is 777 g/mol. The highest BCUT2D eigenvalue weighted by molar-refractivity contribution is 7.92. The number of imide groups is 1. The van der Waals surface area contributed by atoms with Gasteiger partial charge in [0.1, 0.15) is 12.6 Å². The number of pyridine rings is 1. The van der Waals surface area contributed by atoms with Gasteiger partial charge < -0.3 is 14.2 Å². The highest BCUT2D eigenvalue weighted by Gasteiger charge is 2.38. The largest absolute Gasteiger partial charge is 0.489 e. The Morgan fingerprint density at radius 1 is 0.981 bits per heavy atom. The molecule has 1 saturated carbocycles. The fraction of sp³-hybridized carbons (Fsp3) is 0.294. The molecule has 1 aliphatic carbocycles. The first kappa shape index (κ1) is 36.8. The van der Waals surface area contributed by atoms with Gasteiger partial charge in [-0.3, -0.25) is 38.5 Å². The Labute approximate surface area is 306 Å². The van der Waals surface area contributed by atoms with Crippen LogP contribution in [0.15, 0.2) is 67.4 Å². The Kier molecular flexibility index (Phi) is 10.9. The molecule has 1 aliphatic heterocycles. The van der Waals surface area contributed by atoms with Crippen molar-refractivity contribution in [1.82, 2.24) is 19.9 Å². The molecule has 52 heavy (non-hydrogen) atoms. The lowest BCUT2D eigenvalue weighted by Crippen LogP contribution is -2.36. The number of anilines is 1. The first-order chi connectivity index (χ1) is 24.8. The van der Waals surface area contributed by atoms with Gasteiger partial charge in [0.2, 0.25) is 10.0 Å². The Bertz CT molecular complexity index is 2110. The molecule has 6 rings (SSSR count). The SMILES string of the molecule is CS(=O)(=O)N(Cc1cnccn1)c1ccc2c(c1)C(=O)N(CC(=O)O[C@@H](Cc1c(Cl)cncc1Cl)c1ccc(OC(F)F)c(OCC3CC3)c1)C2=O. The van der Waals surface area contributed by atoms with E-state index in [1.165, 1.54) is 67.4 Å². The molecular weight excluding hydrogens is 747 g/mol. The van der Waals surface area contributed by atoms with E-state index < -0.39 is 47.1 Å². The minimum Gasteiger partial charge on any atom is -0.489 e. The molecule has 4 aromatic rings. The van der Waals surface area contributed by atoms with Gasteiger partial charge in [-0.05, 0) is 60.2 Å². The number of alkyl halides is 2. The molecule has 0 bridgehead atoms. The van der Waals surface area contributed by atoms with Crippen LogP contribution in [0.1, 0.15) is 56.5 Å². The average Bonchev–Trinajstić information content (AvgIpc) is 3.90. The van der Waals surface area contributed by atoms with E-state index >= 15 is 0 Å². The van der Waals surface area contributed by atoms with Crippen LogP contribution in [0.25, 0.3) is 0 Å². The Hall–Kier alpha value is -4.93. The molecule has 0 unspecified atom stereocenters. The van der Waals surface area contributed by atoms with E-state index in [2.05, 4.69) is 19.7 Å². The predicted octanol–water partition coefficient (Wildman–Crippen LogP) is 5.66. The number of rotatable bonds is 15. The van der Waals surface area contributed by atoms with Crippen molar-refractivity contribution in [3.05, 3.63) is 105 Å². The highest BCUT2D eigenvalue weighted by Crippen LogP contribution is 2.38. The summed E-state index contributed by atoms with van der Waals surface area (Å²) in [7, 11) is -3.88. The number of hydrogen-bond acceptors (Lipinski definition) is 11. The van der Waals surface area contributed by atoms with Gasteiger partial charge >= 0.3 is 12.6 Å². The Morgan fingerprint density at radius 2 is 1.71 bits per heavy atom. The van der Waals surface area contributed by atoms with Gasteiger partial charge in [0.25, 0.3) is 11.8 Å². The lowest BCUT2D eigenvalue weighted by Gasteiger charge is -2.23. The van der Waals surface area contributed by atoms with Gasteiger partial charge in [0, 0.05) is 31.2 Å². The molecule has 13 nitrogen and oxygen atoms in total. The Morgan fingerprint density at radius 3 is 2.37 bits per heavy atom. The molecule has 1 fully saturated rings. The fourth-order valence-electron chi connectivity index (χ4n) is 5.43. The van der Waals surface area contributed by atoms with E-state index in [-0.39, 0.29) is 63.8 Å². The van der Waals surface area contributed by atoms with Crippen LogP contribution in [0.2, 0.25) is 10.0 Å². The van der Waals surface area contributed by atoms with Crippen LogP contribution in [0.5, 0.6) is 11.5 Å². The normalized spacial score (nSPS) is 14.7. The monoisotopic (exact) mass is 775 g/mol. The van der Waals surface area contributed by atoms with Crippen LogP contribution >= 0.6 is 23.2 Å². The lowest BCUT2D eigenvalue weighted by atomic mass is 10.0. The van der Waals surface area contributed by atoms with Crippen molar-refractivity contribution in [2.45, 2.75) is 38.5 Å². The molecular formula is C34H29Cl2F2N5O8S. The molecule has 1 atom stereocenters. The number of amides is 2. The molecule has 2 aliphatic rings. The summed E-state index contributed by atoms with van der Waals surface area (Å²) in [5.41, 5.74) is 0.899.